The Bertz CT molecular complexity index is 276. The number of unbranched alkanes of at least 4 members (excludes halogenated alkanes) is 1. The summed E-state index contributed by atoms with van der Waals surface area (Å²) < 4.78 is 0. The van der Waals surface area contributed by atoms with Gasteiger partial charge in [-0.15, -0.1) is 6.58 Å². The zero-order valence-electron chi connectivity index (χ0n) is 11.4. The molecule has 0 bridgehead atoms. The first kappa shape index (κ1) is 16.7. The third-order valence-electron chi connectivity index (χ3n) is 3.04. The number of carboxylic acids is 1. The normalized spacial score (nSPS) is 13.7. The number of carbonyl (C=O) groups is 2. The van der Waals surface area contributed by atoms with Gasteiger partial charge in [-0.05, 0) is 25.7 Å². The Morgan fingerprint density at radius 3 is 2.44 bits per heavy atom. The van der Waals surface area contributed by atoms with Crippen LogP contribution in [0.4, 0.5) is 0 Å². The van der Waals surface area contributed by atoms with E-state index in [0.717, 1.165) is 25.7 Å². The van der Waals surface area contributed by atoms with Crippen molar-refractivity contribution in [1.29, 1.82) is 0 Å². The molecular formula is C14H25NO3. The van der Waals surface area contributed by atoms with Crippen LogP contribution in [-0.2, 0) is 9.59 Å². The quantitative estimate of drug-likeness (QED) is 0.590. The molecule has 0 spiro atoms. The van der Waals surface area contributed by atoms with Gasteiger partial charge in [-0.3, -0.25) is 4.79 Å². The van der Waals surface area contributed by atoms with Gasteiger partial charge in [0.1, 0.15) is 6.04 Å². The molecule has 104 valence electrons. The Hall–Kier alpha value is -1.32. The molecule has 4 nitrogen and oxygen atoms in total. The Morgan fingerprint density at radius 2 is 2.00 bits per heavy atom. The first-order valence-electron chi connectivity index (χ1n) is 6.70. The lowest BCUT2D eigenvalue weighted by atomic mass is 9.97. The lowest BCUT2D eigenvalue weighted by Gasteiger charge is -2.19. The molecule has 2 unspecified atom stereocenters. The number of amides is 1. The van der Waals surface area contributed by atoms with Crippen LogP contribution in [0.25, 0.3) is 0 Å². The number of carboxylic acid groups (broad SMARTS) is 1. The SMILES string of the molecule is C=CCCC(NC(=O)C(CC)CCCC)C(=O)O. The molecule has 0 aliphatic rings. The van der Waals surface area contributed by atoms with E-state index in [0.29, 0.717) is 12.8 Å². The number of carbonyl (C=O) groups excluding carboxylic acids is 1. The van der Waals surface area contributed by atoms with Gasteiger partial charge in [-0.1, -0.05) is 32.8 Å². The predicted octanol–water partition coefficient (Wildman–Crippen LogP) is 2.74. The van der Waals surface area contributed by atoms with Crippen LogP contribution in [0.5, 0.6) is 0 Å². The number of rotatable bonds is 10. The molecule has 0 aromatic rings. The van der Waals surface area contributed by atoms with Crippen molar-refractivity contribution in [2.24, 2.45) is 5.92 Å². The Morgan fingerprint density at radius 1 is 1.33 bits per heavy atom. The van der Waals surface area contributed by atoms with Gasteiger partial charge in [0.15, 0.2) is 0 Å². The predicted molar refractivity (Wildman–Crippen MR) is 72.3 cm³/mol. The number of hydrogen-bond acceptors (Lipinski definition) is 2. The fraction of sp³-hybridized carbons (Fsp3) is 0.714. The average molecular weight is 255 g/mol. The lowest BCUT2D eigenvalue weighted by molar-refractivity contribution is -0.142. The highest BCUT2D eigenvalue weighted by Gasteiger charge is 2.23. The van der Waals surface area contributed by atoms with Gasteiger partial charge >= 0.3 is 5.97 Å². The van der Waals surface area contributed by atoms with Crippen LogP contribution in [-0.4, -0.2) is 23.0 Å². The minimum absolute atomic E-state index is 0.0736. The Kier molecular flexibility index (Phi) is 8.97. The molecule has 18 heavy (non-hydrogen) atoms. The molecule has 0 aromatic carbocycles. The van der Waals surface area contributed by atoms with Crippen LogP contribution in [0.2, 0.25) is 0 Å². The third kappa shape index (κ3) is 6.42. The second-order valence-electron chi connectivity index (χ2n) is 4.51. The van der Waals surface area contributed by atoms with E-state index in [2.05, 4.69) is 18.8 Å². The minimum atomic E-state index is -0.976. The summed E-state index contributed by atoms with van der Waals surface area (Å²) in [5.41, 5.74) is 0. The highest BCUT2D eigenvalue weighted by Crippen LogP contribution is 2.13. The van der Waals surface area contributed by atoms with Gasteiger partial charge in [0.2, 0.25) is 5.91 Å². The van der Waals surface area contributed by atoms with Crippen molar-refractivity contribution in [3.8, 4) is 0 Å². The smallest absolute Gasteiger partial charge is 0.326 e. The number of aliphatic carboxylic acids is 1. The van der Waals surface area contributed by atoms with Gasteiger partial charge in [-0.25, -0.2) is 4.79 Å². The van der Waals surface area contributed by atoms with Crippen molar-refractivity contribution < 1.29 is 14.7 Å². The van der Waals surface area contributed by atoms with E-state index in [9.17, 15) is 9.59 Å². The molecule has 0 aromatic heterocycles. The van der Waals surface area contributed by atoms with E-state index in [-0.39, 0.29) is 11.8 Å². The molecule has 2 atom stereocenters. The molecule has 4 heteroatoms. The summed E-state index contributed by atoms with van der Waals surface area (Å²) in [6.45, 7) is 7.59. The fourth-order valence-electron chi connectivity index (χ4n) is 1.80. The summed E-state index contributed by atoms with van der Waals surface area (Å²) in [4.78, 5) is 23.0. The van der Waals surface area contributed by atoms with Crippen molar-refractivity contribution in [3.63, 3.8) is 0 Å². The molecular weight excluding hydrogens is 230 g/mol. The van der Waals surface area contributed by atoms with E-state index in [4.69, 9.17) is 5.11 Å². The van der Waals surface area contributed by atoms with Crippen LogP contribution in [0.1, 0.15) is 52.4 Å². The summed E-state index contributed by atoms with van der Waals surface area (Å²) in [5, 5.41) is 11.7. The van der Waals surface area contributed by atoms with Crippen molar-refractivity contribution in [3.05, 3.63) is 12.7 Å². The van der Waals surface area contributed by atoms with Gasteiger partial charge in [0.25, 0.3) is 0 Å². The maximum absolute atomic E-state index is 12.0. The van der Waals surface area contributed by atoms with Gasteiger partial charge in [0.05, 0.1) is 0 Å². The van der Waals surface area contributed by atoms with E-state index in [1.807, 2.05) is 6.92 Å². The number of nitrogens with one attached hydrogen (secondary N) is 1. The zero-order valence-corrected chi connectivity index (χ0v) is 11.4. The Balaban J connectivity index is 4.36. The van der Waals surface area contributed by atoms with Crippen LogP contribution >= 0.6 is 0 Å². The zero-order chi connectivity index (χ0) is 14.0. The second kappa shape index (κ2) is 9.68. The lowest BCUT2D eigenvalue weighted by Crippen LogP contribution is -2.43. The first-order chi connectivity index (χ1) is 8.56. The highest BCUT2D eigenvalue weighted by molar-refractivity contribution is 5.84. The molecule has 0 aliphatic heterocycles. The van der Waals surface area contributed by atoms with Crippen LogP contribution in [0, 0.1) is 5.92 Å². The molecule has 0 radical (unpaired) electrons. The largest absolute Gasteiger partial charge is 0.480 e. The summed E-state index contributed by atoms with van der Waals surface area (Å²) >= 11 is 0. The average Bonchev–Trinajstić information content (AvgIpc) is 2.34. The summed E-state index contributed by atoms with van der Waals surface area (Å²) in [7, 11) is 0. The van der Waals surface area contributed by atoms with Crippen molar-refractivity contribution in [2.45, 2.75) is 58.4 Å². The fourth-order valence-corrected chi connectivity index (χ4v) is 1.80. The topological polar surface area (TPSA) is 66.4 Å². The molecule has 0 aliphatic carbocycles. The molecule has 0 saturated carbocycles. The summed E-state index contributed by atoms with van der Waals surface area (Å²) in [6.07, 6.45) is 6.26. The van der Waals surface area contributed by atoms with E-state index in [1.54, 1.807) is 6.08 Å². The van der Waals surface area contributed by atoms with Crippen LogP contribution in [0.15, 0.2) is 12.7 Å². The van der Waals surface area contributed by atoms with Crippen molar-refractivity contribution in [1.82, 2.24) is 5.32 Å². The van der Waals surface area contributed by atoms with E-state index in [1.165, 1.54) is 0 Å². The van der Waals surface area contributed by atoms with E-state index >= 15 is 0 Å². The monoisotopic (exact) mass is 255 g/mol. The van der Waals surface area contributed by atoms with Gasteiger partial charge in [0, 0.05) is 5.92 Å². The molecule has 0 fully saturated rings. The first-order valence-corrected chi connectivity index (χ1v) is 6.70. The Labute approximate surface area is 109 Å². The minimum Gasteiger partial charge on any atom is -0.480 e. The number of allylic oxidation sites excluding steroid dienone is 1. The van der Waals surface area contributed by atoms with Crippen LogP contribution in [0.3, 0.4) is 0 Å². The highest BCUT2D eigenvalue weighted by atomic mass is 16.4. The molecule has 2 N–H and O–H groups in total. The summed E-state index contributed by atoms with van der Waals surface area (Å²) in [5.74, 6) is -1.19. The maximum Gasteiger partial charge on any atom is 0.326 e. The molecule has 0 rings (SSSR count). The standard InChI is InChI=1S/C14H25NO3/c1-4-7-9-11(6-3)13(16)15-12(14(17)18)10-8-5-2/h5,11-12H,2,4,6-10H2,1,3H3,(H,15,16)(H,17,18). The summed E-state index contributed by atoms with van der Waals surface area (Å²) in [6, 6.07) is -0.800. The van der Waals surface area contributed by atoms with Crippen LogP contribution < -0.4 is 5.32 Å². The molecule has 1 amide bonds. The second-order valence-corrected chi connectivity index (χ2v) is 4.51. The van der Waals surface area contributed by atoms with Crippen molar-refractivity contribution in [2.75, 3.05) is 0 Å². The molecule has 0 saturated heterocycles. The van der Waals surface area contributed by atoms with E-state index < -0.39 is 12.0 Å². The maximum atomic E-state index is 12.0. The third-order valence-corrected chi connectivity index (χ3v) is 3.04. The van der Waals surface area contributed by atoms with Gasteiger partial charge in [-0.2, -0.15) is 0 Å². The van der Waals surface area contributed by atoms with Crippen molar-refractivity contribution >= 4 is 11.9 Å². The van der Waals surface area contributed by atoms with Gasteiger partial charge < -0.3 is 10.4 Å². The number of hydrogen-bond donors (Lipinski definition) is 2. The molecule has 0 heterocycles.